The molecule has 0 aliphatic carbocycles. The molecule has 2 atom stereocenters. The first-order chi connectivity index (χ1) is 11.9. The van der Waals surface area contributed by atoms with Gasteiger partial charge in [0.25, 0.3) is 5.91 Å². The molecule has 1 amide bonds. The summed E-state index contributed by atoms with van der Waals surface area (Å²) in [6.45, 7) is 4.07. The number of hydroxylamine groups is 1. The number of rotatable bonds is 2. The van der Waals surface area contributed by atoms with E-state index in [1.54, 1.807) is 0 Å². The van der Waals surface area contributed by atoms with E-state index in [0.29, 0.717) is 17.9 Å². The second-order valence-electron chi connectivity index (χ2n) is 7.53. The molecule has 130 valence electrons. The molecule has 2 saturated heterocycles. The van der Waals surface area contributed by atoms with Crippen LogP contribution in [0, 0.1) is 0 Å². The Morgan fingerprint density at radius 2 is 1.80 bits per heavy atom. The van der Waals surface area contributed by atoms with Gasteiger partial charge in [-0.15, -0.1) is 0 Å². The minimum Gasteiger partial charge on any atom is -0.348 e. The van der Waals surface area contributed by atoms with Crippen LogP contribution in [0.4, 0.5) is 5.69 Å². The Bertz CT molecular complexity index is 791. The van der Waals surface area contributed by atoms with E-state index in [-0.39, 0.29) is 17.5 Å². The van der Waals surface area contributed by atoms with Crippen molar-refractivity contribution in [2.24, 2.45) is 0 Å². The second-order valence-corrected chi connectivity index (χ2v) is 7.97. The summed E-state index contributed by atoms with van der Waals surface area (Å²) < 4.78 is 0. The average Bonchev–Trinajstić information content (AvgIpc) is 3.06. The van der Waals surface area contributed by atoms with Crippen LogP contribution < -0.4 is 10.4 Å². The number of carbonyl (C=O) groups excluding carboxylic acids is 1. The molecule has 2 aliphatic heterocycles. The van der Waals surface area contributed by atoms with Crippen LogP contribution in [0.1, 0.15) is 38.3 Å². The van der Waals surface area contributed by atoms with Gasteiger partial charge in [-0.05, 0) is 43.7 Å². The van der Waals surface area contributed by atoms with Crippen molar-refractivity contribution in [2.45, 2.75) is 43.9 Å². The summed E-state index contributed by atoms with van der Waals surface area (Å²) in [7, 11) is 0. The molecule has 2 aromatic rings. The fourth-order valence-corrected chi connectivity index (χ4v) is 4.05. The van der Waals surface area contributed by atoms with Crippen molar-refractivity contribution < 1.29 is 9.63 Å². The number of hydrogen-bond acceptors (Lipinski definition) is 3. The van der Waals surface area contributed by atoms with Crippen molar-refractivity contribution >= 4 is 23.2 Å². The molecule has 2 fully saturated rings. The molecule has 2 aliphatic rings. The highest BCUT2D eigenvalue weighted by Crippen LogP contribution is 2.48. The van der Waals surface area contributed by atoms with Gasteiger partial charge in [-0.3, -0.25) is 9.63 Å². The van der Waals surface area contributed by atoms with Gasteiger partial charge in [0.05, 0.1) is 11.7 Å². The fraction of sp³-hybridized carbons (Fsp3) is 0.350. The molecule has 4 rings (SSSR count). The van der Waals surface area contributed by atoms with Crippen molar-refractivity contribution in [3.05, 3.63) is 65.2 Å². The van der Waals surface area contributed by atoms with Gasteiger partial charge in [0.15, 0.2) is 5.60 Å². The zero-order chi connectivity index (χ0) is 17.7. The molecule has 25 heavy (non-hydrogen) atoms. The summed E-state index contributed by atoms with van der Waals surface area (Å²) in [4.78, 5) is 19.1. The molecule has 0 radical (unpaired) electrons. The van der Waals surface area contributed by atoms with Crippen LogP contribution in [0.15, 0.2) is 54.6 Å². The van der Waals surface area contributed by atoms with Crippen LogP contribution in [-0.4, -0.2) is 17.0 Å². The second kappa shape index (κ2) is 5.75. The van der Waals surface area contributed by atoms with Gasteiger partial charge < -0.3 is 5.32 Å². The number of nitrogens with one attached hydrogen (secondary N) is 1. The van der Waals surface area contributed by atoms with Crippen LogP contribution in [-0.2, 0) is 9.63 Å². The molecule has 1 spiro atoms. The Kier molecular flexibility index (Phi) is 3.78. The van der Waals surface area contributed by atoms with E-state index in [1.165, 1.54) is 0 Å². The minimum absolute atomic E-state index is 0.0325. The Morgan fingerprint density at radius 3 is 2.40 bits per heavy atom. The number of amides is 1. The van der Waals surface area contributed by atoms with Crippen molar-refractivity contribution in [1.82, 2.24) is 5.32 Å². The topological polar surface area (TPSA) is 41.6 Å². The number of halogens is 1. The summed E-state index contributed by atoms with van der Waals surface area (Å²) in [5.74, 6) is -0.0325. The Balaban J connectivity index is 1.75. The highest BCUT2D eigenvalue weighted by Gasteiger charge is 2.59. The molecule has 5 heteroatoms. The third kappa shape index (κ3) is 2.90. The molecule has 0 unspecified atom stereocenters. The molecule has 2 heterocycles. The van der Waals surface area contributed by atoms with Crippen molar-refractivity contribution in [3.63, 3.8) is 0 Å². The zero-order valence-electron chi connectivity index (χ0n) is 14.3. The van der Waals surface area contributed by atoms with Gasteiger partial charge in [0.2, 0.25) is 0 Å². The molecule has 2 aromatic carbocycles. The monoisotopic (exact) mass is 356 g/mol. The largest absolute Gasteiger partial charge is 0.348 e. The predicted octanol–water partition coefficient (Wildman–Crippen LogP) is 4.26. The van der Waals surface area contributed by atoms with Gasteiger partial charge in [-0.2, -0.15) is 0 Å². The van der Waals surface area contributed by atoms with Crippen LogP contribution in [0.5, 0.6) is 0 Å². The van der Waals surface area contributed by atoms with Crippen molar-refractivity contribution in [1.29, 1.82) is 0 Å². The first kappa shape index (κ1) is 16.4. The molecule has 4 nitrogen and oxygen atoms in total. The molecular formula is C20H21ClN2O2. The smallest absolute Gasteiger partial charge is 0.255 e. The van der Waals surface area contributed by atoms with Crippen LogP contribution >= 0.6 is 11.6 Å². The lowest BCUT2D eigenvalue weighted by molar-refractivity contribution is -0.137. The van der Waals surface area contributed by atoms with E-state index in [9.17, 15) is 4.79 Å². The Hall–Kier alpha value is -2.04. The SMILES string of the molecule is CC1(C)C[C@@]2(C[C@H](c3ccc(Cl)cc3)N(c3ccccc3)O2)C(=O)N1. The van der Waals surface area contributed by atoms with E-state index < -0.39 is 5.60 Å². The standard InChI is InChI=1S/C20H21ClN2O2/c1-19(2)13-20(18(24)22-19)12-17(14-8-10-15(21)11-9-14)23(25-20)16-6-4-3-5-7-16/h3-11,17H,12-13H2,1-2H3,(H,22,24)/t17-,20+/m1/s1. The van der Waals surface area contributed by atoms with Gasteiger partial charge in [0, 0.05) is 23.4 Å². The lowest BCUT2D eigenvalue weighted by Crippen LogP contribution is -2.39. The van der Waals surface area contributed by atoms with Gasteiger partial charge in [-0.1, -0.05) is 41.9 Å². The lowest BCUT2D eigenvalue weighted by Gasteiger charge is -2.26. The van der Waals surface area contributed by atoms with E-state index in [4.69, 9.17) is 16.4 Å². The highest BCUT2D eigenvalue weighted by atomic mass is 35.5. The number of para-hydroxylation sites is 1. The summed E-state index contributed by atoms with van der Waals surface area (Å²) in [6, 6.07) is 17.6. The van der Waals surface area contributed by atoms with E-state index in [0.717, 1.165) is 11.3 Å². The fourth-order valence-electron chi connectivity index (χ4n) is 3.93. The van der Waals surface area contributed by atoms with Crippen LogP contribution in [0.25, 0.3) is 0 Å². The number of carbonyl (C=O) groups is 1. The quantitative estimate of drug-likeness (QED) is 0.874. The number of benzene rings is 2. The Morgan fingerprint density at radius 1 is 1.12 bits per heavy atom. The first-order valence-electron chi connectivity index (χ1n) is 8.50. The molecular weight excluding hydrogens is 336 g/mol. The normalized spacial score (nSPS) is 27.7. The van der Waals surface area contributed by atoms with Crippen LogP contribution in [0.2, 0.25) is 5.02 Å². The van der Waals surface area contributed by atoms with Gasteiger partial charge >= 0.3 is 0 Å². The average molecular weight is 357 g/mol. The molecule has 0 saturated carbocycles. The predicted molar refractivity (Wildman–Crippen MR) is 98.4 cm³/mol. The maximum atomic E-state index is 12.7. The third-order valence-corrected chi connectivity index (χ3v) is 5.19. The Labute approximate surface area is 152 Å². The number of hydrogen-bond donors (Lipinski definition) is 1. The molecule has 0 aromatic heterocycles. The summed E-state index contributed by atoms with van der Waals surface area (Å²) in [6.07, 6.45) is 1.26. The van der Waals surface area contributed by atoms with Gasteiger partial charge in [-0.25, -0.2) is 5.06 Å². The van der Waals surface area contributed by atoms with E-state index in [1.807, 2.05) is 73.5 Å². The van der Waals surface area contributed by atoms with Crippen molar-refractivity contribution in [3.8, 4) is 0 Å². The zero-order valence-corrected chi connectivity index (χ0v) is 15.1. The maximum Gasteiger partial charge on any atom is 0.255 e. The van der Waals surface area contributed by atoms with Gasteiger partial charge in [0.1, 0.15) is 0 Å². The maximum absolute atomic E-state index is 12.7. The summed E-state index contributed by atoms with van der Waals surface area (Å²) >= 11 is 6.04. The summed E-state index contributed by atoms with van der Waals surface area (Å²) in [5, 5.41) is 5.64. The lowest BCUT2D eigenvalue weighted by atomic mass is 9.86. The summed E-state index contributed by atoms with van der Waals surface area (Å²) in [5.41, 5.74) is 0.928. The van der Waals surface area contributed by atoms with Crippen molar-refractivity contribution in [2.75, 3.05) is 5.06 Å². The minimum atomic E-state index is -0.830. The van der Waals surface area contributed by atoms with Crippen LogP contribution in [0.3, 0.4) is 0 Å². The molecule has 0 bridgehead atoms. The molecule has 1 N–H and O–H groups in total. The third-order valence-electron chi connectivity index (χ3n) is 4.94. The number of nitrogens with zero attached hydrogens (tertiary/aromatic N) is 1. The first-order valence-corrected chi connectivity index (χ1v) is 8.88. The number of anilines is 1. The van der Waals surface area contributed by atoms with E-state index in [2.05, 4.69) is 5.32 Å². The highest BCUT2D eigenvalue weighted by molar-refractivity contribution is 6.30. The van der Waals surface area contributed by atoms with E-state index >= 15 is 0 Å².